The Labute approximate surface area is 163 Å². The van der Waals surface area contributed by atoms with Crippen LogP contribution < -0.4 is 4.74 Å². The van der Waals surface area contributed by atoms with Gasteiger partial charge in [-0.1, -0.05) is 51.5 Å². The van der Waals surface area contributed by atoms with Crippen LogP contribution in [-0.2, 0) is 4.79 Å². The highest BCUT2D eigenvalue weighted by atomic mass is 16.5. The van der Waals surface area contributed by atoms with Gasteiger partial charge in [-0.2, -0.15) is 0 Å². The van der Waals surface area contributed by atoms with Gasteiger partial charge >= 0.3 is 5.97 Å². The maximum atomic E-state index is 11.7. The Morgan fingerprint density at radius 3 is 2.63 bits per heavy atom. The molecule has 0 spiro atoms. The number of rotatable bonds is 7. The van der Waals surface area contributed by atoms with Crippen LogP contribution in [0, 0.1) is 11.8 Å². The molecule has 3 rings (SSSR count). The molecule has 2 heteroatoms. The Balaban J connectivity index is 1.71. The summed E-state index contributed by atoms with van der Waals surface area (Å²) in [5, 5.41) is 2.32. The minimum Gasteiger partial charge on any atom is -0.427 e. The molecule has 0 saturated heterocycles. The topological polar surface area (TPSA) is 26.3 Å². The lowest BCUT2D eigenvalue weighted by molar-refractivity contribution is -0.134. The van der Waals surface area contributed by atoms with Gasteiger partial charge in [-0.05, 0) is 84.0 Å². The van der Waals surface area contributed by atoms with Gasteiger partial charge in [0.25, 0.3) is 0 Å². The van der Waals surface area contributed by atoms with Gasteiger partial charge in [0.1, 0.15) is 5.75 Å². The van der Waals surface area contributed by atoms with E-state index in [1.54, 1.807) is 0 Å². The monoisotopic (exact) mass is 364 g/mol. The van der Waals surface area contributed by atoms with E-state index in [-0.39, 0.29) is 5.97 Å². The first-order chi connectivity index (χ1) is 13.1. The number of ether oxygens (including phenoxy) is 1. The van der Waals surface area contributed by atoms with Gasteiger partial charge in [-0.15, -0.1) is 0 Å². The van der Waals surface area contributed by atoms with Gasteiger partial charge in [-0.3, -0.25) is 4.79 Å². The number of carbonyl (C=O) groups excluding carboxylic acids is 1. The zero-order chi connectivity index (χ0) is 19.2. The lowest BCUT2D eigenvalue weighted by Crippen LogP contribution is -2.09. The van der Waals surface area contributed by atoms with Crippen molar-refractivity contribution in [1.29, 1.82) is 0 Å². The lowest BCUT2D eigenvalue weighted by Gasteiger charge is -2.24. The van der Waals surface area contributed by atoms with Crippen LogP contribution in [0.3, 0.4) is 0 Å². The van der Waals surface area contributed by atoms with Gasteiger partial charge in [0.05, 0.1) is 0 Å². The Bertz CT molecular complexity index is 818. The molecule has 2 nitrogen and oxygen atoms in total. The van der Waals surface area contributed by atoms with E-state index in [4.69, 9.17) is 4.74 Å². The van der Waals surface area contributed by atoms with Crippen LogP contribution in [0.15, 0.2) is 42.5 Å². The highest BCUT2D eigenvalue weighted by Gasteiger charge is 2.17. The molecule has 1 aliphatic rings. The van der Waals surface area contributed by atoms with Crippen LogP contribution in [0.25, 0.3) is 16.3 Å². The minimum absolute atomic E-state index is 0.159. The van der Waals surface area contributed by atoms with E-state index >= 15 is 0 Å². The molecule has 0 heterocycles. The van der Waals surface area contributed by atoms with E-state index in [1.807, 2.05) is 19.1 Å². The third-order valence-corrected chi connectivity index (χ3v) is 5.82. The SMILES string of the molecule is CCCC(=O)Oc1ccc2cc(C3=CCC(CC(C)CC)CC3)ccc2c1. The Hall–Kier alpha value is -2.09. The summed E-state index contributed by atoms with van der Waals surface area (Å²) in [5.74, 6) is 2.17. The molecule has 0 fully saturated rings. The van der Waals surface area contributed by atoms with Crippen LogP contribution in [0.1, 0.15) is 71.3 Å². The predicted octanol–water partition coefficient (Wildman–Crippen LogP) is 7.17. The molecule has 0 N–H and O–H groups in total. The molecule has 0 aromatic heterocycles. The summed E-state index contributed by atoms with van der Waals surface area (Å²) in [4.78, 5) is 11.7. The van der Waals surface area contributed by atoms with Crippen molar-refractivity contribution in [3.63, 3.8) is 0 Å². The molecule has 0 radical (unpaired) electrons. The summed E-state index contributed by atoms with van der Waals surface area (Å²) in [6.45, 7) is 6.64. The van der Waals surface area contributed by atoms with Gasteiger partial charge < -0.3 is 4.74 Å². The van der Waals surface area contributed by atoms with Crippen LogP contribution in [0.4, 0.5) is 0 Å². The molecule has 2 aromatic rings. The Morgan fingerprint density at radius 1 is 1.15 bits per heavy atom. The van der Waals surface area contributed by atoms with E-state index in [0.29, 0.717) is 12.2 Å². The number of esters is 1. The second-order valence-electron chi connectivity index (χ2n) is 8.07. The summed E-state index contributed by atoms with van der Waals surface area (Å²) in [7, 11) is 0. The molecular formula is C25H32O2. The highest BCUT2D eigenvalue weighted by Crippen LogP contribution is 2.35. The largest absolute Gasteiger partial charge is 0.427 e. The van der Waals surface area contributed by atoms with E-state index in [9.17, 15) is 4.79 Å². The first-order valence-electron chi connectivity index (χ1n) is 10.5. The third-order valence-electron chi connectivity index (χ3n) is 5.82. The molecule has 2 atom stereocenters. The zero-order valence-corrected chi connectivity index (χ0v) is 17.0. The van der Waals surface area contributed by atoms with Crippen LogP contribution >= 0.6 is 0 Å². The van der Waals surface area contributed by atoms with Crippen molar-refractivity contribution in [2.24, 2.45) is 11.8 Å². The van der Waals surface area contributed by atoms with Crippen molar-refractivity contribution >= 4 is 22.3 Å². The molecule has 2 unspecified atom stereocenters. The molecular weight excluding hydrogens is 332 g/mol. The number of fused-ring (bicyclic) bond motifs is 1. The number of benzene rings is 2. The fourth-order valence-corrected chi connectivity index (χ4v) is 3.97. The summed E-state index contributed by atoms with van der Waals surface area (Å²) in [6.07, 6.45) is 10.1. The Morgan fingerprint density at radius 2 is 1.93 bits per heavy atom. The Kier molecular flexibility index (Phi) is 6.71. The van der Waals surface area contributed by atoms with Gasteiger partial charge in [0, 0.05) is 6.42 Å². The minimum atomic E-state index is -0.159. The van der Waals surface area contributed by atoms with Crippen molar-refractivity contribution in [3.8, 4) is 5.75 Å². The molecule has 27 heavy (non-hydrogen) atoms. The first kappa shape index (κ1) is 19.7. The van der Waals surface area contributed by atoms with Crippen molar-refractivity contribution < 1.29 is 9.53 Å². The normalized spacial score (nSPS) is 18.2. The fraction of sp³-hybridized carbons (Fsp3) is 0.480. The van der Waals surface area contributed by atoms with Crippen molar-refractivity contribution in [1.82, 2.24) is 0 Å². The van der Waals surface area contributed by atoms with Gasteiger partial charge in [0.2, 0.25) is 0 Å². The molecule has 144 valence electrons. The van der Waals surface area contributed by atoms with E-state index in [1.165, 1.54) is 48.6 Å². The molecule has 0 bridgehead atoms. The van der Waals surface area contributed by atoms with Gasteiger partial charge in [-0.25, -0.2) is 0 Å². The van der Waals surface area contributed by atoms with Crippen molar-refractivity contribution in [2.45, 2.75) is 65.7 Å². The molecule has 0 saturated carbocycles. The molecule has 2 aromatic carbocycles. The van der Waals surface area contributed by atoms with E-state index in [0.717, 1.165) is 23.6 Å². The lowest BCUT2D eigenvalue weighted by atomic mass is 9.81. The van der Waals surface area contributed by atoms with Gasteiger partial charge in [0.15, 0.2) is 0 Å². The summed E-state index contributed by atoms with van der Waals surface area (Å²) in [6, 6.07) is 12.5. The molecule has 0 amide bonds. The first-order valence-corrected chi connectivity index (χ1v) is 10.5. The van der Waals surface area contributed by atoms with E-state index < -0.39 is 0 Å². The highest BCUT2D eigenvalue weighted by molar-refractivity contribution is 5.88. The molecule has 1 aliphatic carbocycles. The standard InChI is InChI=1S/C25H32O2/c1-4-6-25(26)27-24-14-13-22-16-21(11-12-23(22)17-24)20-9-7-19(8-10-20)15-18(3)5-2/h9,11-14,16-19H,4-8,10,15H2,1-3H3. The number of hydrogen-bond acceptors (Lipinski definition) is 2. The second-order valence-corrected chi connectivity index (χ2v) is 8.07. The summed E-state index contributed by atoms with van der Waals surface area (Å²) < 4.78 is 5.41. The maximum Gasteiger partial charge on any atom is 0.311 e. The average molecular weight is 365 g/mol. The average Bonchev–Trinajstić information content (AvgIpc) is 2.68. The van der Waals surface area contributed by atoms with Crippen LogP contribution in [0.2, 0.25) is 0 Å². The zero-order valence-electron chi connectivity index (χ0n) is 17.0. The number of hydrogen-bond donors (Lipinski definition) is 0. The number of allylic oxidation sites excluding steroid dienone is 2. The third kappa shape index (κ3) is 5.22. The summed E-state index contributed by atoms with van der Waals surface area (Å²) >= 11 is 0. The predicted molar refractivity (Wildman–Crippen MR) is 114 cm³/mol. The maximum absolute atomic E-state index is 11.7. The second kappa shape index (κ2) is 9.21. The molecule has 0 aliphatic heterocycles. The smallest absolute Gasteiger partial charge is 0.311 e. The van der Waals surface area contributed by atoms with E-state index in [2.05, 4.69) is 44.2 Å². The number of carbonyl (C=O) groups is 1. The van der Waals surface area contributed by atoms with Crippen molar-refractivity contribution in [3.05, 3.63) is 48.0 Å². The van der Waals surface area contributed by atoms with Crippen LogP contribution in [-0.4, -0.2) is 5.97 Å². The quantitative estimate of drug-likeness (QED) is 0.385. The fourth-order valence-electron chi connectivity index (χ4n) is 3.97. The summed E-state index contributed by atoms with van der Waals surface area (Å²) in [5.41, 5.74) is 2.82. The van der Waals surface area contributed by atoms with Crippen LogP contribution in [0.5, 0.6) is 5.75 Å². The van der Waals surface area contributed by atoms with Crippen molar-refractivity contribution in [2.75, 3.05) is 0 Å².